The molecule has 0 unspecified atom stereocenters. The van der Waals surface area contributed by atoms with Gasteiger partial charge in [-0.3, -0.25) is 76.9 Å². The highest BCUT2D eigenvalue weighted by atomic mass is 16.4. The number of hydrogen-bond acceptors (Lipinski definition) is 21. The third kappa shape index (κ3) is 32.2. The molecule has 1 aliphatic heterocycles. The largest absolute Gasteiger partial charge is 0.481 e. The Kier molecular flexibility index (Phi) is 39.3. The molecule has 584 valence electrons. The van der Waals surface area contributed by atoms with Crippen LogP contribution in [0.3, 0.4) is 0 Å². The molecule has 0 aromatic rings. The molecule has 17 atom stereocenters. The fourth-order valence-electron chi connectivity index (χ4n) is 10.3. The Bertz CT molecular complexity index is 3000. The molecule has 1 heterocycles. The number of hydrogen-bond donors (Lipinski definition) is 21. The Morgan fingerprint density at radius 1 is 0.437 bits per heavy atom. The number of aliphatic hydroxyl groups is 3. The van der Waals surface area contributed by atoms with Gasteiger partial charge in [-0.1, -0.05) is 55.4 Å². The predicted molar refractivity (Wildman–Crippen MR) is 370 cm³/mol. The fraction of sp³-hybridized carbons (Fsp3) is 0.734. The average molecular weight is 1470 g/mol. The number of carboxylic acid groups (broad SMARTS) is 2. The molecule has 0 aromatic heterocycles. The third-order valence-electron chi connectivity index (χ3n) is 16.2. The summed E-state index contributed by atoms with van der Waals surface area (Å²) in [5.41, 5.74) is 16.7. The molecule has 0 bridgehead atoms. The summed E-state index contributed by atoms with van der Waals surface area (Å²) in [7, 11) is 0. The number of aliphatic carboxylic acids is 2. The molecule has 0 aliphatic carbocycles. The second-order valence-electron chi connectivity index (χ2n) is 27.3. The summed E-state index contributed by atoms with van der Waals surface area (Å²) < 4.78 is 0. The molecule has 14 amide bonds. The molecular weight excluding hydrogens is 1360 g/mol. The first kappa shape index (κ1) is 91.6. The van der Waals surface area contributed by atoms with Crippen molar-refractivity contribution in [3.63, 3.8) is 0 Å². The second kappa shape index (κ2) is 44.2. The van der Waals surface area contributed by atoms with Crippen molar-refractivity contribution in [2.24, 2.45) is 45.9 Å². The number of carbonyl (C=O) groups is 16. The van der Waals surface area contributed by atoms with Crippen LogP contribution in [0.1, 0.15) is 155 Å². The van der Waals surface area contributed by atoms with Gasteiger partial charge in [0.2, 0.25) is 82.7 Å². The number of aliphatic imine (C=N–C) groups is 1. The van der Waals surface area contributed by atoms with Gasteiger partial charge in [-0.15, -0.1) is 0 Å². The van der Waals surface area contributed by atoms with Gasteiger partial charge in [0.05, 0.1) is 30.9 Å². The summed E-state index contributed by atoms with van der Waals surface area (Å²) in [4.78, 5) is 217. The van der Waals surface area contributed by atoms with E-state index in [1.165, 1.54) is 41.5 Å². The normalized spacial score (nSPS) is 17.5. The van der Waals surface area contributed by atoms with Gasteiger partial charge in [0.25, 0.3) is 0 Å². The Balaban J connectivity index is 3.24. The average Bonchev–Trinajstić information content (AvgIpc) is 1.78. The first-order valence-corrected chi connectivity index (χ1v) is 34.2. The van der Waals surface area contributed by atoms with Crippen LogP contribution in [0.15, 0.2) is 4.99 Å². The molecule has 1 saturated heterocycles. The summed E-state index contributed by atoms with van der Waals surface area (Å²) in [5, 5.41) is 81.4. The quantitative estimate of drug-likeness (QED) is 0.0153. The van der Waals surface area contributed by atoms with Crippen LogP contribution in [0.5, 0.6) is 0 Å². The van der Waals surface area contributed by atoms with Crippen molar-refractivity contribution in [1.29, 1.82) is 0 Å². The van der Waals surface area contributed by atoms with E-state index in [-0.39, 0.29) is 69.4 Å². The SMILES string of the molecule is CC(C)C[C@H](NC(=O)[C@H](CCCN=C(N)N)NC(=O)[C@H](C)NC(=O)CNC(=O)[C@H](C)NC(=O)[C@@H](NC(=O)[C@@H](N)CCC(=O)O)[C@@H](C)O)C(=O)N[C@H](C(=O)N[C@H](C(=O)N[C@@H](CC(C)C)C(=O)N[C@@H](C)C(=O)N[C@H](C(=O)N[C@@H](C)C(=O)N[C@H](C(=O)N1CCC[C@H]1C(=O)O)[C@@H](C)O)[C@@H](C)O)C(C)C)C(C)C. The number of rotatable bonds is 44. The minimum Gasteiger partial charge on any atom is -0.481 e. The minimum absolute atomic E-state index is 0.000994. The Morgan fingerprint density at radius 2 is 0.806 bits per heavy atom. The maximum atomic E-state index is 14.3. The number of carboxylic acids is 2. The lowest BCUT2D eigenvalue weighted by molar-refractivity contribution is -0.150. The zero-order valence-electron chi connectivity index (χ0n) is 61.3. The van der Waals surface area contributed by atoms with Crippen molar-refractivity contribution in [2.75, 3.05) is 19.6 Å². The number of amides is 14. The van der Waals surface area contributed by atoms with E-state index >= 15 is 0 Å². The molecule has 0 radical (unpaired) electrons. The zero-order valence-corrected chi connectivity index (χ0v) is 61.3. The molecular formula is C64H112N18O21. The van der Waals surface area contributed by atoms with E-state index in [0.717, 1.165) is 11.8 Å². The molecule has 103 heavy (non-hydrogen) atoms. The van der Waals surface area contributed by atoms with Crippen LogP contribution in [-0.4, -0.2) is 254 Å². The Labute approximate surface area is 598 Å². The summed E-state index contributed by atoms with van der Waals surface area (Å²) >= 11 is 0. The van der Waals surface area contributed by atoms with Gasteiger partial charge in [0.1, 0.15) is 78.5 Å². The smallest absolute Gasteiger partial charge is 0.326 e. The molecule has 0 saturated carbocycles. The summed E-state index contributed by atoms with van der Waals surface area (Å²) in [6.07, 6.45) is -4.81. The zero-order chi connectivity index (χ0) is 79.2. The monoisotopic (exact) mass is 1470 g/mol. The van der Waals surface area contributed by atoms with Crippen LogP contribution >= 0.6 is 0 Å². The standard InChI is InChI=1S/C64H112N18O21/c1-27(2)24-40(56(95)71-33(11)52(91)79-47(35(13)83)60(99)73-34(12)53(92)81-49(37(15)85)62(101)82-23-17-19-42(82)63(102)103)76-58(97)45(29(5)6)78-59(98)46(30(7)8)77-57(96)41(25-28(3)4)75-55(94)39(18-16-22-68-64(66)67)74-51(90)32(10)70-43(86)26-69-50(89)31(9)72-61(100)48(36(14)84)80-54(93)38(65)20-21-44(87)88/h27-42,45-49,83-85H,16-26,65H2,1-15H3,(H,69,89)(H,70,86)(H,71,95)(H,72,100)(H,73,99)(H,74,90)(H,75,94)(H,76,97)(H,77,96)(H,78,98)(H,79,91)(H,80,93)(H,81,92)(H,87,88)(H,102,103)(H4,66,67,68)/t31-,32-,33-,34-,35+,36+,37+,38-,39-,40-,41-,42-,45-,46-,47-,48-,49-/m0/s1. The van der Waals surface area contributed by atoms with E-state index in [4.69, 9.17) is 22.3 Å². The van der Waals surface area contributed by atoms with Crippen LogP contribution in [0.25, 0.3) is 0 Å². The molecule has 1 fully saturated rings. The molecule has 39 heteroatoms. The highest BCUT2D eigenvalue weighted by molar-refractivity contribution is 6.00. The second-order valence-corrected chi connectivity index (χ2v) is 27.3. The van der Waals surface area contributed by atoms with E-state index in [1.54, 1.807) is 55.4 Å². The minimum atomic E-state index is -1.73. The van der Waals surface area contributed by atoms with E-state index in [2.05, 4.69) is 74.1 Å². The predicted octanol–water partition coefficient (Wildman–Crippen LogP) is -7.13. The number of aliphatic hydroxyl groups excluding tert-OH is 3. The molecule has 1 rings (SSSR count). The van der Waals surface area contributed by atoms with E-state index in [9.17, 15) is 97.1 Å². The van der Waals surface area contributed by atoms with Crippen molar-refractivity contribution in [2.45, 2.75) is 258 Å². The van der Waals surface area contributed by atoms with Crippen molar-refractivity contribution in [3.8, 4) is 0 Å². The topological polar surface area (TPSA) is 624 Å². The van der Waals surface area contributed by atoms with Crippen molar-refractivity contribution in [3.05, 3.63) is 0 Å². The Hall–Kier alpha value is -9.37. The molecule has 0 aromatic carbocycles. The van der Waals surface area contributed by atoms with Gasteiger partial charge in [-0.2, -0.15) is 0 Å². The fourth-order valence-corrected chi connectivity index (χ4v) is 10.3. The van der Waals surface area contributed by atoms with Crippen molar-refractivity contribution in [1.82, 2.24) is 74.0 Å². The van der Waals surface area contributed by atoms with Gasteiger partial charge >= 0.3 is 11.9 Å². The number of guanidine groups is 1. The number of nitrogens with zero attached hydrogens (tertiary/aromatic N) is 2. The molecule has 39 nitrogen and oxygen atoms in total. The third-order valence-corrected chi connectivity index (χ3v) is 16.2. The van der Waals surface area contributed by atoms with Crippen molar-refractivity contribution >= 4 is 101 Å². The van der Waals surface area contributed by atoms with Gasteiger partial charge < -0.3 is 117 Å². The number of nitrogens with two attached hydrogens (primary N) is 3. The van der Waals surface area contributed by atoms with Gasteiger partial charge in [-0.25, -0.2) is 4.79 Å². The van der Waals surface area contributed by atoms with Crippen LogP contribution in [0, 0.1) is 23.7 Å². The summed E-state index contributed by atoms with van der Waals surface area (Å²) in [6.45, 7) is 21.2. The van der Waals surface area contributed by atoms with Crippen LogP contribution < -0.4 is 86.3 Å². The highest BCUT2D eigenvalue weighted by Crippen LogP contribution is 2.20. The lowest BCUT2D eigenvalue weighted by atomic mass is 9.97. The lowest BCUT2D eigenvalue weighted by Crippen LogP contribution is -2.62. The molecule has 1 aliphatic rings. The number of carbonyl (C=O) groups excluding carboxylic acids is 14. The maximum absolute atomic E-state index is 14.3. The first-order chi connectivity index (χ1) is 47.7. The van der Waals surface area contributed by atoms with E-state index in [0.29, 0.717) is 6.42 Å². The van der Waals surface area contributed by atoms with E-state index < -0.39 is 222 Å². The van der Waals surface area contributed by atoms with E-state index in [1.807, 2.05) is 0 Å². The molecule has 24 N–H and O–H groups in total. The maximum Gasteiger partial charge on any atom is 0.326 e. The first-order valence-electron chi connectivity index (χ1n) is 34.2. The van der Waals surface area contributed by atoms with Gasteiger partial charge in [0.15, 0.2) is 5.96 Å². The Morgan fingerprint density at radius 3 is 1.25 bits per heavy atom. The number of nitrogens with one attached hydrogen (secondary N) is 13. The summed E-state index contributed by atoms with van der Waals surface area (Å²) in [6, 6.07) is -19.9. The van der Waals surface area contributed by atoms with Crippen LogP contribution in [0.4, 0.5) is 0 Å². The van der Waals surface area contributed by atoms with Gasteiger partial charge in [0, 0.05) is 19.5 Å². The molecule has 0 spiro atoms. The van der Waals surface area contributed by atoms with Crippen molar-refractivity contribution < 1.29 is 102 Å². The van der Waals surface area contributed by atoms with Crippen LogP contribution in [-0.2, 0) is 76.7 Å². The lowest BCUT2D eigenvalue weighted by Gasteiger charge is -2.30. The summed E-state index contributed by atoms with van der Waals surface area (Å²) in [5.74, 6) is -17.5. The van der Waals surface area contributed by atoms with Crippen LogP contribution in [0.2, 0.25) is 0 Å². The highest BCUT2D eigenvalue weighted by Gasteiger charge is 2.42. The number of likely N-dealkylation sites (tertiary alicyclic amines) is 1. The van der Waals surface area contributed by atoms with Gasteiger partial charge in [-0.05, 0) is 117 Å².